The summed E-state index contributed by atoms with van der Waals surface area (Å²) in [4.78, 5) is 11.1. The van der Waals surface area contributed by atoms with E-state index in [2.05, 4.69) is 27.4 Å². The van der Waals surface area contributed by atoms with Gasteiger partial charge in [0.25, 0.3) is 0 Å². The summed E-state index contributed by atoms with van der Waals surface area (Å²) in [5.74, 6) is 4.28. The number of fused-ring (bicyclic) bond motifs is 5. The maximum Gasteiger partial charge on any atom is 0.303 e. The van der Waals surface area contributed by atoms with Crippen molar-refractivity contribution in [1.82, 2.24) is 6.15 Å². The van der Waals surface area contributed by atoms with Crippen molar-refractivity contribution in [3.63, 3.8) is 0 Å². The van der Waals surface area contributed by atoms with Crippen molar-refractivity contribution in [3.05, 3.63) is 12.2 Å². The predicted octanol–water partition coefficient (Wildman–Crippen LogP) is 6.86. The highest BCUT2D eigenvalue weighted by Crippen LogP contribution is 2.68. The van der Waals surface area contributed by atoms with Crippen molar-refractivity contribution in [2.75, 3.05) is 0 Å². The first kappa shape index (κ1) is 21.9. The highest BCUT2D eigenvalue weighted by atomic mass is 16.4. The molecule has 4 saturated carbocycles. The van der Waals surface area contributed by atoms with Crippen molar-refractivity contribution < 1.29 is 9.90 Å². The van der Waals surface area contributed by atoms with Gasteiger partial charge >= 0.3 is 5.97 Å². The van der Waals surface area contributed by atoms with Gasteiger partial charge < -0.3 is 11.3 Å². The summed E-state index contributed by atoms with van der Waals surface area (Å²) in [7, 11) is 0. The van der Waals surface area contributed by atoms with Gasteiger partial charge in [-0.1, -0.05) is 32.9 Å². The number of rotatable bonds is 4. The van der Waals surface area contributed by atoms with Crippen LogP contribution in [-0.2, 0) is 4.79 Å². The zero-order chi connectivity index (χ0) is 19.4. The van der Waals surface area contributed by atoms with E-state index in [1.165, 1.54) is 63.4 Å². The molecule has 0 bridgehead atoms. The van der Waals surface area contributed by atoms with E-state index >= 15 is 0 Å². The molecule has 0 aromatic carbocycles. The average molecular weight is 390 g/mol. The monoisotopic (exact) mass is 389 g/mol. The quantitative estimate of drug-likeness (QED) is 0.515. The lowest BCUT2D eigenvalue weighted by atomic mass is 9.44. The van der Waals surface area contributed by atoms with E-state index in [0.29, 0.717) is 23.2 Å². The highest BCUT2D eigenvalue weighted by molar-refractivity contribution is 5.66. The topological polar surface area (TPSA) is 72.3 Å². The Bertz CT molecular complexity index is 616. The molecule has 0 spiro atoms. The van der Waals surface area contributed by atoms with Gasteiger partial charge in [0.05, 0.1) is 0 Å². The van der Waals surface area contributed by atoms with E-state index in [9.17, 15) is 4.79 Å². The molecule has 4 fully saturated rings. The minimum absolute atomic E-state index is 0. The van der Waals surface area contributed by atoms with E-state index < -0.39 is 5.97 Å². The molecule has 4 rings (SSSR count). The maximum absolute atomic E-state index is 11.1. The van der Waals surface area contributed by atoms with E-state index in [-0.39, 0.29) is 6.15 Å². The number of carboxylic acid groups (broad SMARTS) is 1. The molecule has 28 heavy (non-hydrogen) atoms. The largest absolute Gasteiger partial charge is 0.481 e. The molecule has 0 saturated heterocycles. The van der Waals surface area contributed by atoms with Gasteiger partial charge in [-0.3, -0.25) is 4.79 Å². The summed E-state index contributed by atoms with van der Waals surface area (Å²) >= 11 is 0. The van der Waals surface area contributed by atoms with Crippen LogP contribution in [0.3, 0.4) is 0 Å². The summed E-state index contributed by atoms with van der Waals surface area (Å²) in [5.41, 5.74) is 2.52. The van der Waals surface area contributed by atoms with Crippen molar-refractivity contribution in [2.45, 2.75) is 91.4 Å². The standard InChI is InChI=1S/C25H40O2.H3N/c1-16-11-13-24(3)18(15-16)6-7-19-21-9-8-20(17(2)5-10-23(26)27)25(21,4)14-12-22(19)24;/h17-22H,1,5-15H2,2-4H3,(H,26,27);1H3/t17?,18-,19+,20?,21?,22?,24+,25-;/m1./s1. The smallest absolute Gasteiger partial charge is 0.303 e. The number of carbonyl (C=O) groups is 1. The fraction of sp³-hybridized carbons (Fsp3) is 0.880. The van der Waals surface area contributed by atoms with Crippen LogP contribution in [0.4, 0.5) is 0 Å². The first-order chi connectivity index (χ1) is 12.8. The molecule has 0 aromatic heterocycles. The van der Waals surface area contributed by atoms with E-state index in [1.807, 2.05) is 0 Å². The molecule has 0 radical (unpaired) electrons. The van der Waals surface area contributed by atoms with Crippen molar-refractivity contribution in [1.29, 1.82) is 0 Å². The van der Waals surface area contributed by atoms with E-state index in [4.69, 9.17) is 5.11 Å². The summed E-state index contributed by atoms with van der Waals surface area (Å²) in [5, 5.41) is 9.11. The van der Waals surface area contributed by atoms with Crippen LogP contribution in [0.25, 0.3) is 0 Å². The molecule has 160 valence electrons. The van der Waals surface area contributed by atoms with Crippen LogP contribution >= 0.6 is 0 Å². The molecule has 3 heteroatoms. The predicted molar refractivity (Wildman–Crippen MR) is 115 cm³/mol. The molecule has 3 nitrogen and oxygen atoms in total. The van der Waals surface area contributed by atoms with Gasteiger partial charge in [-0.2, -0.15) is 0 Å². The van der Waals surface area contributed by atoms with Gasteiger partial charge in [0, 0.05) is 6.42 Å². The lowest BCUT2D eigenvalue weighted by Crippen LogP contribution is -2.53. The highest BCUT2D eigenvalue weighted by Gasteiger charge is 2.60. The van der Waals surface area contributed by atoms with Gasteiger partial charge in [-0.05, 0) is 111 Å². The Hall–Kier alpha value is -0.830. The van der Waals surface area contributed by atoms with Crippen molar-refractivity contribution >= 4 is 5.97 Å². The van der Waals surface area contributed by atoms with Gasteiger partial charge in [-0.15, -0.1) is 0 Å². The van der Waals surface area contributed by atoms with Crippen LogP contribution in [0.2, 0.25) is 0 Å². The Morgan fingerprint density at radius 3 is 2.54 bits per heavy atom. The fourth-order valence-electron chi connectivity index (χ4n) is 8.68. The van der Waals surface area contributed by atoms with Crippen molar-refractivity contribution in [2.24, 2.45) is 46.3 Å². The Morgan fingerprint density at radius 1 is 1.11 bits per heavy atom. The Balaban J connectivity index is 0.00000225. The zero-order valence-corrected chi connectivity index (χ0v) is 18.5. The number of hydrogen-bond acceptors (Lipinski definition) is 2. The molecule has 0 amide bonds. The van der Waals surface area contributed by atoms with Crippen LogP contribution in [0.15, 0.2) is 12.2 Å². The first-order valence-corrected chi connectivity index (χ1v) is 11.6. The van der Waals surface area contributed by atoms with Gasteiger partial charge in [0.1, 0.15) is 0 Å². The van der Waals surface area contributed by atoms with Gasteiger partial charge in [-0.25, -0.2) is 0 Å². The second kappa shape index (κ2) is 7.78. The second-order valence-electron chi connectivity index (χ2n) is 11.2. The molecule has 0 aliphatic heterocycles. The summed E-state index contributed by atoms with van der Waals surface area (Å²) in [6.45, 7) is 11.9. The fourth-order valence-corrected chi connectivity index (χ4v) is 8.68. The molecular weight excluding hydrogens is 346 g/mol. The third-order valence-electron chi connectivity index (χ3n) is 10.2. The SMILES string of the molecule is C=C1CC[C@]2(C)C3CC[C@]4(C)C(C(C)CCC(=O)O)CCC4[C@@H]3CC[C@@H]2C1.N. The van der Waals surface area contributed by atoms with Crippen LogP contribution in [0.5, 0.6) is 0 Å². The molecule has 0 aromatic rings. The molecule has 4 aliphatic carbocycles. The Kier molecular flexibility index (Phi) is 6.07. The molecule has 4 N–H and O–H groups in total. The lowest BCUT2D eigenvalue weighted by Gasteiger charge is -2.61. The number of aliphatic carboxylic acids is 1. The number of carboxylic acids is 1. The Labute approximate surface area is 172 Å². The molecule has 4 unspecified atom stereocenters. The first-order valence-electron chi connectivity index (χ1n) is 11.6. The lowest BCUT2D eigenvalue weighted by molar-refractivity contribution is -0.137. The van der Waals surface area contributed by atoms with Crippen LogP contribution in [0, 0.1) is 46.3 Å². The van der Waals surface area contributed by atoms with E-state index in [0.717, 1.165) is 36.0 Å². The molecule has 8 atom stereocenters. The second-order valence-corrected chi connectivity index (χ2v) is 11.2. The molecule has 4 aliphatic rings. The van der Waals surface area contributed by atoms with Gasteiger partial charge in [0.15, 0.2) is 0 Å². The minimum atomic E-state index is -0.629. The molecular formula is C25H43NO2. The van der Waals surface area contributed by atoms with Crippen LogP contribution in [-0.4, -0.2) is 11.1 Å². The summed E-state index contributed by atoms with van der Waals surface area (Å²) in [6, 6.07) is 0. The van der Waals surface area contributed by atoms with Crippen LogP contribution < -0.4 is 6.15 Å². The maximum atomic E-state index is 11.1. The molecule has 0 heterocycles. The van der Waals surface area contributed by atoms with Crippen LogP contribution in [0.1, 0.15) is 91.4 Å². The minimum Gasteiger partial charge on any atom is -0.481 e. The normalized spacial score (nSPS) is 46.0. The number of hydrogen-bond donors (Lipinski definition) is 2. The Morgan fingerprint density at radius 2 is 1.82 bits per heavy atom. The third-order valence-corrected chi connectivity index (χ3v) is 10.2. The van der Waals surface area contributed by atoms with E-state index in [1.54, 1.807) is 0 Å². The van der Waals surface area contributed by atoms with Gasteiger partial charge in [0.2, 0.25) is 0 Å². The summed E-state index contributed by atoms with van der Waals surface area (Å²) < 4.78 is 0. The zero-order valence-electron chi connectivity index (χ0n) is 18.5. The third kappa shape index (κ3) is 3.36. The van der Waals surface area contributed by atoms with Crippen molar-refractivity contribution in [3.8, 4) is 0 Å². The average Bonchev–Trinajstić information content (AvgIpc) is 2.97. The summed E-state index contributed by atoms with van der Waals surface area (Å²) in [6.07, 6.45) is 13.5. The number of allylic oxidation sites excluding steroid dienone is 1.